The zero-order valence-corrected chi connectivity index (χ0v) is 19.5. The highest BCUT2D eigenvalue weighted by Crippen LogP contribution is 2.31. The minimum absolute atomic E-state index is 0.121. The van der Waals surface area contributed by atoms with Gasteiger partial charge in [-0.25, -0.2) is 0 Å². The van der Waals surface area contributed by atoms with E-state index in [9.17, 15) is 9.59 Å². The van der Waals surface area contributed by atoms with Crippen molar-refractivity contribution in [3.8, 4) is 0 Å². The van der Waals surface area contributed by atoms with Gasteiger partial charge < -0.3 is 37.9 Å². The predicted octanol–water partition coefficient (Wildman–Crippen LogP) is 1.24. The lowest BCUT2D eigenvalue weighted by atomic mass is 9.81. The fourth-order valence-corrected chi connectivity index (χ4v) is 2.58. The molecule has 0 amide bonds. The highest BCUT2D eigenvalue weighted by atomic mass is 16.6. The number of hydrogen-bond donors (Lipinski definition) is 0. The molecule has 0 rings (SSSR count). The van der Waals surface area contributed by atoms with Crippen LogP contribution < -0.4 is 0 Å². The van der Waals surface area contributed by atoms with Crippen molar-refractivity contribution in [1.29, 1.82) is 0 Å². The van der Waals surface area contributed by atoms with Crippen LogP contribution in [-0.2, 0) is 47.5 Å². The van der Waals surface area contributed by atoms with Crippen LogP contribution in [0.25, 0.3) is 0 Å². The quantitative estimate of drug-likeness (QED) is 0.135. The SMILES string of the molecule is CCOC(=O)C(CCOCCOCCOC)(CCOCCOCCOC)C(=O)OCC. The molecule has 0 fully saturated rings. The maximum atomic E-state index is 12.7. The third-order valence-corrected chi connectivity index (χ3v) is 4.29. The molecule has 0 bridgehead atoms. The Hall–Kier alpha value is -1.30. The first kappa shape index (κ1) is 29.7. The third kappa shape index (κ3) is 13.7. The average Bonchev–Trinajstić information content (AvgIpc) is 2.76. The van der Waals surface area contributed by atoms with E-state index in [1.807, 2.05) is 0 Å². The topological polar surface area (TPSA) is 108 Å². The van der Waals surface area contributed by atoms with E-state index in [4.69, 9.17) is 37.9 Å². The summed E-state index contributed by atoms with van der Waals surface area (Å²) in [4.78, 5) is 25.5. The van der Waals surface area contributed by atoms with E-state index >= 15 is 0 Å². The molecule has 0 saturated carbocycles. The van der Waals surface area contributed by atoms with Crippen LogP contribution in [0.2, 0.25) is 0 Å². The van der Waals surface area contributed by atoms with Crippen molar-refractivity contribution in [1.82, 2.24) is 0 Å². The molecule has 0 aromatic carbocycles. The van der Waals surface area contributed by atoms with Crippen molar-refractivity contribution in [2.45, 2.75) is 26.7 Å². The zero-order valence-electron chi connectivity index (χ0n) is 19.5. The van der Waals surface area contributed by atoms with Crippen LogP contribution in [0, 0.1) is 5.41 Å². The number of ether oxygens (including phenoxy) is 8. The number of methoxy groups -OCH3 is 2. The molecule has 0 aliphatic carbocycles. The van der Waals surface area contributed by atoms with Gasteiger partial charge in [-0.05, 0) is 26.7 Å². The Morgan fingerprint density at radius 3 is 1.19 bits per heavy atom. The molecule has 10 nitrogen and oxygen atoms in total. The molecule has 31 heavy (non-hydrogen) atoms. The summed E-state index contributed by atoms with van der Waals surface area (Å²) in [6.07, 6.45) is 0.243. The summed E-state index contributed by atoms with van der Waals surface area (Å²) in [5.74, 6) is -1.26. The van der Waals surface area contributed by atoms with E-state index in [-0.39, 0.29) is 39.3 Å². The Balaban J connectivity index is 4.72. The summed E-state index contributed by atoms with van der Waals surface area (Å²) in [6, 6.07) is 0. The molecule has 0 aliphatic rings. The molecule has 0 heterocycles. The summed E-state index contributed by atoms with van der Waals surface area (Å²) in [6.45, 7) is 7.44. The first-order valence-electron chi connectivity index (χ1n) is 10.7. The van der Waals surface area contributed by atoms with Gasteiger partial charge >= 0.3 is 11.9 Å². The van der Waals surface area contributed by atoms with Crippen LogP contribution in [0.5, 0.6) is 0 Å². The largest absolute Gasteiger partial charge is 0.465 e. The Morgan fingerprint density at radius 1 is 0.548 bits per heavy atom. The van der Waals surface area contributed by atoms with Crippen molar-refractivity contribution >= 4 is 11.9 Å². The molecule has 184 valence electrons. The van der Waals surface area contributed by atoms with Gasteiger partial charge in [0.1, 0.15) is 0 Å². The van der Waals surface area contributed by atoms with Gasteiger partial charge in [-0.15, -0.1) is 0 Å². The summed E-state index contributed by atoms with van der Waals surface area (Å²) in [7, 11) is 3.20. The standard InChI is InChI=1S/C21H40O10/c1-5-30-19(22)21(20(23)31-6-2,7-9-26-15-17-28-13-11-24-3)8-10-27-16-18-29-14-12-25-4/h5-18H2,1-4H3. The van der Waals surface area contributed by atoms with E-state index in [0.717, 1.165) is 0 Å². The van der Waals surface area contributed by atoms with Crippen LogP contribution in [0.1, 0.15) is 26.7 Å². The minimum Gasteiger partial charge on any atom is -0.465 e. The summed E-state index contributed by atoms with van der Waals surface area (Å²) in [5, 5.41) is 0. The number of esters is 2. The lowest BCUT2D eigenvalue weighted by molar-refractivity contribution is -0.175. The fraction of sp³-hybridized carbons (Fsp3) is 0.905. The lowest BCUT2D eigenvalue weighted by Crippen LogP contribution is -2.44. The van der Waals surface area contributed by atoms with Gasteiger partial charge in [0.15, 0.2) is 5.41 Å². The van der Waals surface area contributed by atoms with E-state index in [0.29, 0.717) is 52.9 Å². The van der Waals surface area contributed by atoms with Crippen LogP contribution in [0.3, 0.4) is 0 Å². The van der Waals surface area contributed by atoms with Crippen molar-refractivity contribution < 1.29 is 47.5 Å². The van der Waals surface area contributed by atoms with E-state index in [1.54, 1.807) is 28.1 Å². The minimum atomic E-state index is -1.49. The molecule has 0 atom stereocenters. The molecule has 0 N–H and O–H groups in total. The molecule has 0 aromatic rings. The highest BCUT2D eigenvalue weighted by molar-refractivity contribution is 6.00. The molecule has 0 aromatic heterocycles. The van der Waals surface area contributed by atoms with Gasteiger partial charge in [0.05, 0.1) is 66.1 Å². The maximum absolute atomic E-state index is 12.7. The molecule has 0 unspecified atom stereocenters. The first-order chi connectivity index (χ1) is 15.1. The molecular formula is C21H40O10. The zero-order chi connectivity index (χ0) is 23.2. The third-order valence-electron chi connectivity index (χ3n) is 4.29. The van der Waals surface area contributed by atoms with Crippen molar-refractivity contribution in [3.05, 3.63) is 0 Å². The van der Waals surface area contributed by atoms with Gasteiger partial charge in [-0.2, -0.15) is 0 Å². The Bertz CT molecular complexity index is 404. The second-order valence-electron chi connectivity index (χ2n) is 6.46. The number of carbonyl (C=O) groups is 2. The van der Waals surface area contributed by atoms with Gasteiger partial charge in [0, 0.05) is 27.4 Å². The van der Waals surface area contributed by atoms with Crippen molar-refractivity contribution in [2.75, 3.05) is 93.5 Å². The molecule has 10 heteroatoms. The predicted molar refractivity (Wildman–Crippen MR) is 112 cm³/mol. The Morgan fingerprint density at radius 2 is 0.871 bits per heavy atom. The lowest BCUT2D eigenvalue weighted by Gasteiger charge is -2.29. The van der Waals surface area contributed by atoms with Crippen molar-refractivity contribution in [2.24, 2.45) is 5.41 Å². The van der Waals surface area contributed by atoms with Gasteiger partial charge in [-0.3, -0.25) is 9.59 Å². The number of carbonyl (C=O) groups excluding carboxylic acids is 2. The van der Waals surface area contributed by atoms with E-state index in [1.165, 1.54) is 0 Å². The smallest absolute Gasteiger partial charge is 0.323 e. The van der Waals surface area contributed by atoms with Crippen LogP contribution >= 0.6 is 0 Å². The first-order valence-corrected chi connectivity index (χ1v) is 10.7. The summed E-state index contributed by atoms with van der Waals surface area (Å²) >= 11 is 0. The number of rotatable bonds is 22. The normalized spacial score (nSPS) is 11.5. The molecule has 0 saturated heterocycles. The van der Waals surface area contributed by atoms with Crippen molar-refractivity contribution in [3.63, 3.8) is 0 Å². The summed E-state index contributed by atoms with van der Waals surface area (Å²) < 4.78 is 42.0. The van der Waals surface area contributed by atoms with Gasteiger partial charge in [0.25, 0.3) is 0 Å². The Kier molecular flexibility index (Phi) is 19.7. The average molecular weight is 453 g/mol. The van der Waals surface area contributed by atoms with Gasteiger partial charge in [0.2, 0.25) is 0 Å². The molecule has 0 aliphatic heterocycles. The molecule has 0 radical (unpaired) electrons. The fourth-order valence-electron chi connectivity index (χ4n) is 2.58. The number of hydrogen-bond acceptors (Lipinski definition) is 10. The molecular weight excluding hydrogens is 412 g/mol. The van der Waals surface area contributed by atoms with Crippen LogP contribution in [-0.4, -0.2) is 105 Å². The maximum Gasteiger partial charge on any atom is 0.323 e. The van der Waals surface area contributed by atoms with Gasteiger partial charge in [-0.1, -0.05) is 0 Å². The second kappa shape index (κ2) is 20.6. The second-order valence-corrected chi connectivity index (χ2v) is 6.46. The van der Waals surface area contributed by atoms with E-state index < -0.39 is 17.4 Å². The monoisotopic (exact) mass is 452 g/mol. The summed E-state index contributed by atoms with van der Waals surface area (Å²) in [5.41, 5.74) is -1.49. The molecule has 0 spiro atoms. The highest BCUT2D eigenvalue weighted by Gasteiger charge is 2.48. The van der Waals surface area contributed by atoms with Crippen LogP contribution in [0.4, 0.5) is 0 Å². The van der Waals surface area contributed by atoms with Crippen LogP contribution in [0.15, 0.2) is 0 Å². The van der Waals surface area contributed by atoms with E-state index in [2.05, 4.69) is 0 Å². The Labute approximate surface area is 185 Å².